The highest BCUT2D eigenvalue weighted by Crippen LogP contribution is 2.24. The molecular formula is C19H18N4. The third-order valence-electron chi connectivity index (χ3n) is 3.82. The van der Waals surface area contributed by atoms with Crippen LogP contribution in [0.15, 0.2) is 54.6 Å². The number of rotatable bonds is 5. The van der Waals surface area contributed by atoms with Gasteiger partial charge in [-0.3, -0.25) is 0 Å². The fourth-order valence-corrected chi connectivity index (χ4v) is 2.58. The van der Waals surface area contributed by atoms with Gasteiger partial charge in [0.25, 0.3) is 0 Å². The number of benzene rings is 2. The third-order valence-corrected chi connectivity index (χ3v) is 3.82. The maximum Gasteiger partial charge on any atom is 0.191 e. The SMILES string of the molecule is CCCCc1ccc(-n2nnc(C#N)c2-c2ccccc2)cc1. The zero-order chi connectivity index (χ0) is 16.1. The predicted octanol–water partition coefficient (Wildman–Crippen LogP) is 4.15. The van der Waals surface area contributed by atoms with Gasteiger partial charge in [-0.1, -0.05) is 61.0 Å². The van der Waals surface area contributed by atoms with Crippen LogP contribution < -0.4 is 0 Å². The van der Waals surface area contributed by atoms with Gasteiger partial charge in [-0.15, -0.1) is 5.10 Å². The molecule has 0 radical (unpaired) electrons. The average Bonchev–Trinajstić information content (AvgIpc) is 3.05. The Labute approximate surface area is 136 Å². The van der Waals surface area contributed by atoms with E-state index in [1.165, 1.54) is 18.4 Å². The number of unbranched alkanes of at least 4 members (excludes halogenated alkanes) is 1. The van der Waals surface area contributed by atoms with Gasteiger partial charge in [0.05, 0.1) is 5.69 Å². The van der Waals surface area contributed by atoms with Crippen molar-refractivity contribution in [2.24, 2.45) is 0 Å². The van der Waals surface area contributed by atoms with Crippen molar-refractivity contribution in [2.75, 3.05) is 0 Å². The molecule has 4 heteroatoms. The first kappa shape index (κ1) is 15.0. The molecule has 0 fully saturated rings. The summed E-state index contributed by atoms with van der Waals surface area (Å²) in [6.07, 6.45) is 3.47. The van der Waals surface area contributed by atoms with Gasteiger partial charge in [-0.25, -0.2) is 4.68 Å². The molecule has 0 unspecified atom stereocenters. The fourth-order valence-electron chi connectivity index (χ4n) is 2.58. The van der Waals surface area contributed by atoms with E-state index >= 15 is 0 Å². The van der Waals surface area contributed by atoms with Crippen molar-refractivity contribution in [3.63, 3.8) is 0 Å². The predicted molar refractivity (Wildman–Crippen MR) is 90.1 cm³/mol. The van der Waals surface area contributed by atoms with E-state index in [9.17, 15) is 5.26 Å². The normalized spacial score (nSPS) is 10.4. The number of hydrogen-bond donors (Lipinski definition) is 0. The molecule has 0 aliphatic carbocycles. The van der Waals surface area contributed by atoms with Crippen LogP contribution in [0, 0.1) is 11.3 Å². The molecule has 0 aliphatic rings. The zero-order valence-corrected chi connectivity index (χ0v) is 13.1. The van der Waals surface area contributed by atoms with Gasteiger partial charge in [0, 0.05) is 5.56 Å². The van der Waals surface area contributed by atoms with Gasteiger partial charge < -0.3 is 0 Å². The van der Waals surface area contributed by atoms with E-state index in [1.807, 2.05) is 42.5 Å². The lowest BCUT2D eigenvalue weighted by Crippen LogP contribution is -2.00. The van der Waals surface area contributed by atoms with Gasteiger partial charge >= 0.3 is 0 Å². The number of nitrogens with zero attached hydrogens (tertiary/aromatic N) is 4. The van der Waals surface area contributed by atoms with E-state index in [4.69, 9.17) is 0 Å². The maximum absolute atomic E-state index is 9.32. The summed E-state index contributed by atoms with van der Waals surface area (Å²) in [6.45, 7) is 2.19. The van der Waals surface area contributed by atoms with Crippen molar-refractivity contribution in [3.05, 3.63) is 65.9 Å². The van der Waals surface area contributed by atoms with Crippen LogP contribution in [0.5, 0.6) is 0 Å². The Kier molecular flexibility index (Phi) is 4.49. The minimum absolute atomic E-state index is 0.339. The van der Waals surface area contributed by atoms with Gasteiger partial charge in [0.15, 0.2) is 5.69 Å². The lowest BCUT2D eigenvalue weighted by molar-refractivity contribution is 0.789. The number of aromatic nitrogens is 3. The van der Waals surface area contributed by atoms with E-state index in [-0.39, 0.29) is 0 Å². The summed E-state index contributed by atoms with van der Waals surface area (Å²) in [6, 6.07) is 20.2. The smallest absolute Gasteiger partial charge is 0.191 e. The maximum atomic E-state index is 9.32. The summed E-state index contributed by atoms with van der Waals surface area (Å²) in [4.78, 5) is 0. The molecule has 0 bridgehead atoms. The van der Waals surface area contributed by atoms with Crippen molar-refractivity contribution in [1.82, 2.24) is 15.0 Å². The third kappa shape index (κ3) is 3.14. The summed E-state index contributed by atoms with van der Waals surface area (Å²) < 4.78 is 1.73. The van der Waals surface area contributed by atoms with Gasteiger partial charge in [0.1, 0.15) is 11.8 Å². The Hall–Kier alpha value is -2.93. The topological polar surface area (TPSA) is 54.5 Å². The van der Waals surface area contributed by atoms with Crippen LogP contribution >= 0.6 is 0 Å². The Morgan fingerprint density at radius 3 is 2.43 bits per heavy atom. The molecule has 0 amide bonds. The highest BCUT2D eigenvalue weighted by atomic mass is 15.4. The van der Waals surface area contributed by atoms with E-state index in [1.54, 1.807) is 4.68 Å². The Bertz CT molecular complexity index is 811. The Morgan fingerprint density at radius 1 is 1.04 bits per heavy atom. The molecule has 3 rings (SSSR count). The molecule has 0 atom stereocenters. The van der Waals surface area contributed by atoms with E-state index < -0.39 is 0 Å². The van der Waals surface area contributed by atoms with Crippen LogP contribution in [0.4, 0.5) is 0 Å². The van der Waals surface area contributed by atoms with Gasteiger partial charge in [-0.05, 0) is 30.5 Å². The van der Waals surface area contributed by atoms with Gasteiger partial charge in [0.2, 0.25) is 0 Å². The van der Waals surface area contributed by atoms with Crippen molar-refractivity contribution in [2.45, 2.75) is 26.2 Å². The van der Waals surface area contributed by atoms with Gasteiger partial charge in [-0.2, -0.15) is 5.26 Å². The molecule has 0 N–H and O–H groups in total. The summed E-state index contributed by atoms with van der Waals surface area (Å²) in [7, 11) is 0. The van der Waals surface area contributed by atoms with Crippen LogP contribution in [0.1, 0.15) is 31.0 Å². The summed E-state index contributed by atoms with van der Waals surface area (Å²) in [5, 5.41) is 17.5. The Morgan fingerprint density at radius 2 is 1.78 bits per heavy atom. The second kappa shape index (κ2) is 6.89. The average molecular weight is 302 g/mol. The first-order chi connectivity index (χ1) is 11.3. The minimum Gasteiger partial charge on any atom is -0.211 e. The standard InChI is InChI=1S/C19H18N4/c1-2-3-7-15-10-12-17(13-11-15)23-19(18(14-20)21-22-23)16-8-5-4-6-9-16/h4-6,8-13H,2-3,7H2,1H3. The van der Waals surface area contributed by atoms with Crippen molar-refractivity contribution < 1.29 is 0 Å². The monoisotopic (exact) mass is 302 g/mol. The molecule has 0 saturated heterocycles. The molecule has 0 aliphatic heterocycles. The van der Waals surface area contributed by atoms with Crippen LogP contribution in [0.25, 0.3) is 16.9 Å². The summed E-state index contributed by atoms with van der Waals surface area (Å²) in [5.41, 5.74) is 4.24. The Balaban J connectivity index is 2.01. The lowest BCUT2D eigenvalue weighted by Gasteiger charge is -2.08. The largest absolute Gasteiger partial charge is 0.211 e. The molecule has 1 heterocycles. The molecule has 23 heavy (non-hydrogen) atoms. The molecular weight excluding hydrogens is 284 g/mol. The minimum atomic E-state index is 0.339. The van der Waals surface area contributed by atoms with Crippen molar-refractivity contribution >= 4 is 0 Å². The highest BCUT2D eigenvalue weighted by molar-refractivity contribution is 5.66. The number of aryl methyl sites for hydroxylation is 1. The molecule has 3 aromatic rings. The highest BCUT2D eigenvalue weighted by Gasteiger charge is 2.15. The molecule has 0 spiro atoms. The van der Waals surface area contributed by atoms with E-state index in [0.29, 0.717) is 5.69 Å². The number of nitriles is 1. The summed E-state index contributed by atoms with van der Waals surface area (Å²) >= 11 is 0. The first-order valence-electron chi connectivity index (χ1n) is 7.84. The van der Waals surface area contributed by atoms with E-state index in [0.717, 1.165) is 23.4 Å². The number of hydrogen-bond acceptors (Lipinski definition) is 3. The second-order valence-electron chi connectivity index (χ2n) is 5.45. The lowest BCUT2D eigenvalue weighted by atomic mass is 10.1. The van der Waals surface area contributed by atoms with Crippen molar-refractivity contribution in [3.8, 4) is 23.0 Å². The molecule has 2 aromatic carbocycles. The zero-order valence-electron chi connectivity index (χ0n) is 13.1. The van der Waals surface area contributed by atoms with E-state index in [2.05, 4.69) is 35.4 Å². The van der Waals surface area contributed by atoms with Crippen LogP contribution in [0.3, 0.4) is 0 Å². The quantitative estimate of drug-likeness (QED) is 0.711. The first-order valence-corrected chi connectivity index (χ1v) is 7.84. The second-order valence-corrected chi connectivity index (χ2v) is 5.45. The van der Waals surface area contributed by atoms with Crippen LogP contribution in [0.2, 0.25) is 0 Å². The van der Waals surface area contributed by atoms with Crippen molar-refractivity contribution in [1.29, 1.82) is 5.26 Å². The molecule has 4 nitrogen and oxygen atoms in total. The fraction of sp³-hybridized carbons (Fsp3) is 0.211. The molecule has 1 aromatic heterocycles. The molecule has 0 saturated carbocycles. The van der Waals surface area contributed by atoms with Crippen LogP contribution in [-0.4, -0.2) is 15.0 Å². The summed E-state index contributed by atoms with van der Waals surface area (Å²) in [5.74, 6) is 0. The molecule has 114 valence electrons. The van der Waals surface area contributed by atoms with Crippen LogP contribution in [-0.2, 0) is 6.42 Å².